The minimum Gasteiger partial charge on any atom is -0.260 e. The van der Waals surface area contributed by atoms with Crippen molar-refractivity contribution in [1.29, 1.82) is 5.26 Å². The van der Waals surface area contributed by atoms with Crippen LogP contribution in [0.1, 0.15) is 30.2 Å². The van der Waals surface area contributed by atoms with Gasteiger partial charge in [0.1, 0.15) is 6.07 Å². The molecule has 2 rings (SSSR count). The van der Waals surface area contributed by atoms with Crippen LogP contribution in [0.15, 0.2) is 12.3 Å². The zero-order valence-electron chi connectivity index (χ0n) is 7.75. The van der Waals surface area contributed by atoms with E-state index in [0.717, 1.165) is 18.8 Å². The highest BCUT2D eigenvalue weighted by molar-refractivity contribution is 5.34. The summed E-state index contributed by atoms with van der Waals surface area (Å²) in [5.41, 5.74) is 3.16. The van der Waals surface area contributed by atoms with Gasteiger partial charge in [-0.1, -0.05) is 6.92 Å². The minimum atomic E-state index is 0.688. The second-order valence-corrected chi connectivity index (χ2v) is 3.79. The first-order valence-corrected chi connectivity index (χ1v) is 4.67. The largest absolute Gasteiger partial charge is 0.260 e. The number of pyridine rings is 1. The van der Waals surface area contributed by atoms with Gasteiger partial charge in [-0.2, -0.15) is 5.26 Å². The molecule has 1 heterocycles. The van der Waals surface area contributed by atoms with Gasteiger partial charge in [0, 0.05) is 11.9 Å². The monoisotopic (exact) mass is 172 g/mol. The lowest BCUT2D eigenvalue weighted by Crippen LogP contribution is -2.13. The van der Waals surface area contributed by atoms with E-state index in [4.69, 9.17) is 5.26 Å². The summed E-state index contributed by atoms with van der Waals surface area (Å²) >= 11 is 0. The summed E-state index contributed by atoms with van der Waals surface area (Å²) in [6, 6.07) is 4.11. The van der Waals surface area contributed by atoms with Gasteiger partial charge in [-0.3, -0.25) is 4.98 Å². The van der Waals surface area contributed by atoms with E-state index in [1.807, 2.05) is 6.07 Å². The third-order valence-corrected chi connectivity index (χ3v) is 2.64. The molecule has 2 heteroatoms. The van der Waals surface area contributed by atoms with Crippen LogP contribution in [0.25, 0.3) is 0 Å². The SMILES string of the molecule is C[C@H]1CCc2cc(C#N)cnc2C1. The third-order valence-electron chi connectivity index (χ3n) is 2.64. The number of fused-ring (bicyclic) bond motifs is 1. The first-order chi connectivity index (χ1) is 6.29. The molecule has 0 radical (unpaired) electrons. The Morgan fingerprint density at radius 3 is 3.23 bits per heavy atom. The van der Waals surface area contributed by atoms with Crippen molar-refractivity contribution in [3.63, 3.8) is 0 Å². The Morgan fingerprint density at radius 2 is 2.46 bits per heavy atom. The number of nitrogens with zero attached hydrogens (tertiary/aromatic N) is 2. The number of rotatable bonds is 0. The number of aromatic nitrogens is 1. The molecule has 1 aliphatic rings. The molecule has 0 fully saturated rings. The van der Waals surface area contributed by atoms with Crippen molar-refractivity contribution in [3.8, 4) is 6.07 Å². The Labute approximate surface area is 78.2 Å². The number of hydrogen-bond acceptors (Lipinski definition) is 2. The zero-order valence-corrected chi connectivity index (χ0v) is 7.75. The van der Waals surface area contributed by atoms with Crippen molar-refractivity contribution in [2.24, 2.45) is 5.92 Å². The topological polar surface area (TPSA) is 36.7 Å². The fourth-order valence-electron chi connectivity index (χ4n) is 1.83. The number of nitriles is 1. The van der Waals surface area contributed by atoms with Crippen LogP contribution in [0.3, 0.4) is 0 Å². The molecule has 2 nitrogen and oxygen atoms in total. The normalized spacial score (nSPS) is 20.5. The van der Waals surface area contributed by atoms with Crippen molar-refractivity contribution < 1.29 is 0 Å². The maximum Gasteiger partial charge on any atom is 0.101 e. The standard InChI is InChI=1S/C11H12N2/c1-8-2-3-10-5-9(6-12)7-13-11(10)4-8/h5,7-8H,2-4H2,1H3/t8-/m0/s1. The van der Waals surface area contributed by atoms with Gasteiger partial charge in [0.25, 0.3) is 0 Å². The molecule has 0 bridgehead atoms. The molecule has 0 saturated heterocycles. The molecular formula is C11H12N2. The smallest absolute Gasteiger partial charge is 0.101 e. The molecule has 1 aromatic heterocycles. The maximum absolute atomic E-state index is 8.70. The van der Waals surface area contributed by atoms with E-state index in [-0.39, 0.29) is 0 Å². The van der Waals surface area contributed by atoms with Gasteiger partial charge in [0.2, 0.25) is 0 Å². The third kappa shape index (κ3) is 1.55. The van der Waals surface area contributed by atoms with E-state index in [9.17, 15) is 0 Å². The van der Waals surface area contributed by atoms with E-state index in [2.05, 4.69) is 18.0 Å². The van der Waals surface area contributed by atoms with Crippen LogP contribution >= 0.6 is 0 Å². The fourth-order valence-corrected chi connectivity index (χ4v) is 1.83. The fraction of sp³-hybridized carbons (Fsp3) is 0.455. The molecule has 1 aliphatic carbocycles. The molecule has 0 spiro atoms. The first kappa shape index (κ1) is 8.25. The summed E-state index contributed by atoms with van der Waals surface area (Å²) in [7, 11) is 0. The number of aryl methyl sites for hydroxylation is 1. The Kier molecular flexibility index (Phi) is 2.02. The van der Waals surface area contributed by atoms with E-state index < -0.39 is 0 Å². The van der Waals surface area contributed by atoms with Crippen molar-refractivity contribution >= 4 is 0 Å². The van der Waals surface area contributed by atoms with Gasteiger partial charge in [0.15, 0.2) is 0 Å². The molecule has 0 saturated carbocycles. The van der Waals surface area contributed by atoms with Crippen LogP contribution in [-0.2, 0) is 12.8 Å². The molecule has 13 heavy (non-hydrogen) atoms. The Bertz CT molecular complexity index is 363. The van der Waals surface area contributed by atoms with Gasteiger partial charge in [-0.05, 0) is 36.8 Å². The van der Waals surface area contributed by atoms with Crippen molar-refractivity contribution in [1.82, 2.24) is 4.98 Å². The van der Waals surface area contributed by atoms with Gasteiger partial charge in [0.05, 0.1) is 5.56 Å². The minimum absolute atomic E-state index is 0.688. The quantitative estimate of drug-likeness (QED) is 0.600. The van der Waals surface area contributed by atoms with Crippen LogP contribution < -0.4 is 0 Å². The number of hydrogen-bond donors (Lipinski definition) is 0. The van der Waals surface area contributed by atoms with Crippen LogP contribution in [-0.4, -0.2) is 4.98 Å². The second-order valence-electron chi connectivity index (χ2n) is 3.79. The van der Waals surface area contributed by atoms with Crippen LogP contribution in [0.4, 0.5) is 0 Å². The van der Waals surface area contributed by atoms with Crippen molar-refractivity contribution in [3.05, 3.63) is 29.1 Å². The van der Waals surface area contributed by atoms with E-state index in [1.54, 1.807) is 6.20 Å². The lowest BCUT2D eigenvalue weighted by molar-refractivity contribution is 0.492. The predicted molar refractivity (Wildman–Crippen MR) is 50.1 cm³/mol. The summed E-state index contributed by atoms with van der Waals surface area (Å²) in [5.74, 6) is 0.743. The second kappa shape index (κ2) is 3.18. The summed E-state index contributed by atoms with van der Waals surface area (Å²) in [5, 5.41) is 8.70. The summed E-state index contributed by atoms with van der Waals surface area (Å²) in [6.45, 7) is 2.25. The van der Waals surface area contributed by atoms with Crippen LogP contribution in [0.2, 0.25) is 0 Å². The summed E-state index contributed by atoms with van der Waals surface area (Å²) < 4.78 is 0. The molecule has 0 amide bonds. The lowest BCUT2D eigenvalue weighted by atomic mass is 9.88. The van der Waals surface area contributed by atoms with Gasteiger partial charge in [-0.15, -0.1) is 0 Å². The van der Waals surface area contributed by atoms with E-state index >= 15 is 0 Å². The summed E-state index contributed by atoms with van der Waals surface area (Å²) in [6.07, 6.45) is 5.06. The van der Waals surface area contributed by atoms with Gasteiger partial charge < -0.3 is 0 Å². The Morgan fingerprint density at radius 1 is 1.62 bits per heavy atom. The maximum atomic E-state index is 8.70. The predicted octanol–water partition coefficient (Wildman–Crippen LogP) is 2.08. The molecule has 1 aromatic rings. The van der Waals surface area contributed by atoms with Crippen LogP contribution in [0, 0.1) is 17.2 Å². The average molecular weight is 172 g/mol. The summed E-state index contributed by atoms with van der Waals surface area (Å²) in [4.78, 5) is 4.32. The van der Waals surface area contributed by atoms with Crippen molar-refractivity contribution in [2.75, 3.05) is 0 Å². The lowest BCUT2D eigenvalue weighted by Gasteiger charge is -2.19. The zero-order chi connectivity index (χ0) is 9.26. The van der Waals surface area contributed by atoms with Gasteiger partial charge >= 0.3 is 0 Å². The molecular weight excluding hydrogens is 160 g/mol. The Hall–Kier alpha value is -1.36. The molecule has 0 aromatic carbocycles. The molecule has 0 N–H and O–H groups in total. The van der Waals surface area contributed by atoms with Gasteiger partial charge in [-0.25, -0.2) is 0 Å². The highest BCUT2D eigenvalue weighted by Crippen LogP contribution is 2.23. The highest BCUT2D eigenvalue weighted by atomic mass is 14.7. The molecule has 0 unspecified atom stereocenters. The first-order valence-electron chi connectivity index (χ1n) is 4.67. The Balaban J connectivity index is 2.38. The van der Waals surface area contributed by atoms with E-state index in [0.29, 0.717) is 5.56 Å². The molecule has 66 valence electrons. The molecule has 0 aliphatic heterocycles. The van der Waals surface area contributed by atoms with E-state index in [1.165, 1.54) is 17.7 Å². The average Bonchev–Trinajstić information content (AvgIpc) is 2.17. The molecule has 1 atom stereocenters. The van der Waals surface area contributed by atoms with Crippen molar-refractivity contribution in [2.45, 2.75) is 26.2 Å². The van der Waals surface area contributed by atoms with Crippen LogP contribution in [0.5, 0.6) is 0 Å². The highest BCUT2D eigenvalue weighted by Gasteiger charge is 2.16.